The molecular formula is C24H22N6O4. The molecule has 2 atom stereocenters. The van der Waals surface area contributed by atoms with Gasteiger partial charge in [0.15, 0.2) is 0 Å². The largest absolute Gasteiger partial charge is 0.484 e. The van der Waals surface area contributed by atoms with E-state index in [0.717, 1.165) is 16.9 Å². The lowest BCUT2D eigenvalue weighted by molar-refractivity contribution is -0.125. The molecule has 5 rings (SSSR count). The molecule has 3 aromatic heterocycles. The van der Waals surface area contributed by atoms with Crippen molar-refractivity contribution in [3.8, 4) is 35.3 Å². The number of nitrogens with zero attached hydrogens (tertiary/aromatic N) is 6. The Hall–Kier alpha value is -4.12. The molecule has 10 nitrogen and oxygen atoms in total. The van der Waals surface area contributed by atoms with E-state index in [-0.39, 0.29) is 12.5 Å². The maximum atomic E-state index is 11.7. The second-order valence-corrected chi connectivity index (χ2v) is 8.14. The average Bonchev–Trinajstić information content (AvgIpc) is 3.49. The Kier molecular flexibility index (Phi) is 5.76. The van der Waals surface area contributed by atoms with Gasteiger partial charge < -0.3 is 24.4 Å². The molecule has 0 bridgehead atoms. The van der Waals surface area contributed by atoms with Crippen molar-refractivity contribution in [3.05, 3.63) is 42.4 Å². The lowest BCUT2D eigenvalue weighted by Gasteiger charge is -2.34. The summed E-state index contributed by atoms with van der Waals surface area (Å²) in [5.41, 5.74) is 2.61. The quantitative estimate of drug-likeness (QED) is 0.568. The summed E-state index contributed by atoms with van der Waals surface area (Å²) in [6, 6.07) is 7.85. The van der Waals surface area contributed by atoms with Crippen LogP contribution in [0.1, 0.15) is 5.56 Å². The lowest BCUT2D eigenvalue weighted by atomic mass is 10.1. The number of aliphatic hydroxyl groups is 1. The van der Waals surface area contributed by atoms with Crippen LogP contribution in [0.2, 0.25) is 0 Å². The number of amides is 1. The van der Waals surface area contributed by atoms with E-state index in [2.05, 4.69) is 27.0 Å². The Morgan fingerprint density at radius 3 is 2.71 bits per heavy atom. The van der Waals surface area contributed by atoms with E-state index in [4.69, 9.17) is 15.9 Å². The molecule has 0 radical (unpaired) electrons. The van der Waals surface area contributed by atoms with Gasteiger partial charge in [-0.05, 0) is 24.1 Å². The summed E-state index contributed by atoms with van der Waals surface area (Å²) in [5, 5.41) is 23.9. The van der Waals surface area contributed by atoms with Gasteiger partial charge in [-0.25, -0.2) is 9.50 Å². The summed E-state index contributed by atoms with van der Waals surface area (Å²) in [6.45, 7) is 2.90. The highest BCUT2D eigenvalue weighted by Gasteiger charge is 2.28. The van der Waals surface area contributed by atoms with Gasteiger partial charge >= 0.3 is 0 Å². The lowest BCUT2D eigenvalue weighted by Crippen LogP contribution is -2.48. The van der Waals surface area contributed by atoms with E-state index in [1.165, 1.54) is 6.20 Å². The van der Waals surface area contributed by atoms with Crippen LogP contribution in [0, 0.1) is 23.7 Å². The maximum absolute atomic E-state index is 11.7. The molecule has 172 valence electrons. The molecule has 2 aliphatic rings. The summed E-state index contributed by atoms with van der Waals surface area (Å²) in [6.07, 6.45) is 8.97. The molecule has 2 aliphatic heterocycles. The van der Waals surface area contributed by atoms with Crippen LogP contribution in [-0.4, -0.2) is 82.1 Å². The van der Waals surface area contributed by atoms with Gasteiger partial charge in [-0.3, -0.25) is 4.79 Å². The van der Waals surface area contributed by atoms with E-state index in [0.29, 0.717) is 49.6 Å². The number of anilines is 1. The van der Waals surface area contributed by atoms with E-state index < -0.39 is 12.2 Å². The number of nitriles is 1. The van der Waals surface area contributed by atoms with Crippen molar-refractivity contribution in [2.24, 2.45) is 0 Å². The van der Waals surface area contributed by atoms with Crippen LogP contribution in [0.4, 0.5) is 5.82 Å². The third-order valence-corrected chi connectivity index (χ3v) is 6.07. The van der Waals surface area contributed by atoms with Crippen LogP contribution >= 0.6 is 0 Å². The predicted octanol–water partition coefficient (Wildman–Crippen LogP) is 0.688. The third-order valence-electron chi connectivity index (χ3n) is 6.07. The highest BCUT2D eigenvalue weighted by molar-refractivity contribution is 5.93. The van der Waals surface area contributed by atoms with Gasteiger partial charge in [-0.15, -0.1) is 6.42 Å². The standard InChI is InChI=1S/C24H22N6O4/c1-2-23(32)29-7-5-28(6-8-29)22-4-3-16(11-26-22)19-9-18(34-21-15-33-14-20(21)31)13-30-24(19)17(10-25)12-27-30/h1,3-4,9,11-13,20-21,31H,5-8,14-15H2/t20-,21-/m0/s1. The van der Waals surface area contributed by atoms with Crippen molar-refractivity contribution < 1.29 is 19.4 Å². The molecule has 0 aromatic carbocycles. The zero-order valence-electron chi connectivity index (χ0n) is 18.3. The molecule has 3 aromatic rings. The summed E-state index contributed by atoms with van der Waals surface area (Å²) in [7, 11) is 0. The number of pyridine rings is 2. The van der Waals surface area contributed by atoms with Crippen molar-refractivity contribution in [2.45, 2.75) is 12.2 Å². The molecule has 2 fully saturated rings. The molecule has 10 heteroatoms. The van der Waals surface area contributed by atoms with Gasteiger partial charge in [-0.2, -0.15) is 10.4 Å². The number of aromatic nitrogens is 3. The van der Waals surface area contributed by atoms with Gasteiger partial charge in [0.2, 0.25) is 0 Å². The monoisotopic (exact) mass is 458 g/mol. The van der Waals surface area contributed by atoms with Crippen LogP contribution in [0.5, 0.6) is 5.75 Å². The molecule has 0 aliphatic carbocycles. The van der Waals surface area contributed by atoms with Crippen molar-refractivity contribution in [1.29, 1.82) is 5.26 Å². The first-order valence-electron chi connectivity index (χ1n) is 10.9. The molecule has 0 spiro atoms. The Morgan fingerprint density at radius 1 is 1.24 bits per heavy atom. The number of carbonyl (C=O) groups is 1. The van der Waals surface area contributed by atoms with Gasteiger partial charge in [0, 0.05) is 43.5 Å². The van der Waals surface area contributed by atoms with Crippen molar-refractivity contribution in [3.63, 3.8) is 0 Å². The first-order chi connectivity index (χ1) is 16.6. The minimum Gasteiger partial charge on any atom is -0.484 e. The van der Waals surface area contributed by atoms with Gasteiger partial charge in [0.1, 0.15) is 29.8 Å². The summed E-state index contributed by atoms with van der Waals surface area (Å²) < 4.78 is 12.8. The van der Waals surface area contributed by atoms with Gasteiger partial charge in [0.05, 0.1) is 36.7 Å². The maximum Gasteiger partial charge on any atom is 0.298 e. The van der Waals surface area contributed by atoms with E-state index in [9.17, 15) is 15.2 Å². The normalized spacial score (nSPS) is 20.2. The van der Waals surface area contributed by atoms with Crippen LogP contribution in [0.25, 0.3) is 16.6 Å². The Labute approximate surface area is 195 Å². The first kappa shape index (κ1) is 21.7. The van der Waals surface area contributed by atoms with Crippen LogP contribution < -0.4 is 9.64 Å². The molecule has 5 heterocycles. The van der Waals surface area contributed by atoms with E-state index >= 15 is 0 Å². The van der Waals surface area contributed by atoms with Crippen LogP contribution in [0.15, 0.2) is 36.8 Å². The third kappa shape index (κ3) is 4.01. The fraction of sp³-hybridized carbons (Fsp3) is 0.333. The highest BCUT2D eigenvalue weighted by atomic mass is 16.6. The second kappa shape index (κ2) is 9.02. The topological polar surface area (TPSA) is 116 Å². The summed E-state index contributed by atoms with van der Waals surface area (Å²) in [4.78, 5) is 20.1. The first-order valence-corrected chi connectivity index (χ1v) is 10.9. The number of hydrogen-bond acceptors (Lipinski definition) is 8. The van der Waals surface area contributed by atoms with Gasteiger partial charge in [-0.1, -0.05) is 0 Å². The number of hydrogen-bond donors (Lipinski definition) is 1. The van der Waals surface area contributed by atoms with Gasteiger partial charge in [0.25, 0.3) is 5.91 Å². The predicted molar refractivity (Wildman–Crippen MR) is 122 cm³/mol. The number of rotatable bonds is 4. The minimum absolute atomic E-state index is 0.233. The van der Waals surface area contributed by atoms with Crippen LogP contribution in [0.3, 0.4) is 0 Å². The number of ether oxygens (including phenoxy) is 2. The smallest absolute Gasteiger partial charge is 0.298 e. The summed E-state index contributed by atoms with van der Waals surface area (Å²) >= 11 is 0. The molecule has 0 unspecified atom stereocenters. The van der Waals surface area contributed by atoms with E-state index in [1.807, 2.05) is 18.2 Å². The van der Waals surface area contributed by atoms with Crippen molar-refractivity contribution >= 4 is 17.2 Å². The average molecular weight is 458 g/mol. The number of piperazine rings is 1. The summed E-state index contributed by atoms with van der Waals surface area (Å²) in [5.74, 6) is 3.16. The Balaban J connectivity index is 1.43. The minimum atomic E-state index is -0.705. The zero-order chi connectivity index (χ0) is 23.7. The van der Waals surface area contributed by atoms with Crippen molar-refractivity contribution in [2.75, 3.05) is 44.3 Å². The Bertz CT molecular complexity index is 1300. The molecule has 34 heavy (non-hydrogen) atoms. The molecule has 2 saturated heterocycles. The fourth-order valence-electron chi connectivity index (χ4n) is 4.24. The number of fused-ring (bicyclic) bond motifs is 1. The zero-order valence-corrected chi connectivity index (χ0v) is 18.3. The second-order valence-electron chi connectivity index (χ2n) is 8.14. The number of terminal acetylenes is 1. The number of aliphatic hydroxyl groups excluding tert-OH is 1. The fourth-order valence-corrected chi connectivity index (χ4v) is 4.24. The Morgan fingerprint density at radius 2 is 2.06 bits per heavy atom. The van der Waals surface area contributed by atoms with E-state index in [1.54, 1.807) is 21.8 Å². The van der Waals surface area contributed by atoms with Crippen LogP contribution in [-0.2, 0) is 9.53 Å². The molecule has 0 saturated carbocycles. The molecule has 1 N–H and O–H groups in total. The SMILES string of the molecule is C#CC(=O)N1CCN(c2ccc(-c3cc(O[C@H]4COC[C@@H]4O)cn4ncc(C#N)c34)cn2)CC1. The van der Waals surface area contributed by atoms with Crippen molar-refractivity contribution in [1.82, 2.24) is 19.5 Å². The molecular weight excluding hydrogens is 436 g/mol. The molecule has 1 amide bonds. The highest BCUT2D eigenvalue weighted by Crippen LogP contribution is 2.32. The number of carbonyl (C=O) groups excluding carboxylic acids is 1.